The minimum Gasteiger partial charge on any atom is -0.510 e. The van der Waals surface area contributed by atoms with Gasteiger partial charge in [-0.1, -0.05) is 163 Å². The summed E-state index contributed by atoms with van der Waals surface area (Å²) in [6.45, 7) is 10.6. The zero-order chi connectivity index (χ0) is 63.5. The third-order valence-corrected chi connectivity index (χ3v) is 18.5. The van der Waals surface area contributed by atoms with Gasteiger partial charge in [0.15, 0.2) is 0 Å². The first-order chi connectivity index (χ1) is 44.0. The number of para-hydroxylation sites is 3. The maximum atomic E-state index is 9.04. The van der Waals surface area contributed by atoms with Crippen molar-refractivity contribution in [2.24, 2.45) is 0 Å². The van der Waals surface area contributed by atoms with Crippen molar-refractivity contribution in [3.8, 4) is 84.3 Å². The largest absolute Gasteiger partial charge is 0.510 e. The Hall–Kier alpha value is -9.09. The molecule has 0 fully saturated rings. The standard InChI is InChI=1S/C80H64N4O2.Pt/c1-48-19-16-20-49(2)75(48)51-40-62(50-31-34-73-65(39-50)60-26-13-15-30-72(60)86-73)76-66(41-51)64-46-68-67(79(6,7)36-37-80(68,8)9)45-63(64)57-24-11-10-23-56(57)61-27-18-29-70-77(61)83(76)47-82(70)53-21-17-22-54(43-53)85-55-32-33-59-58-25-12-14-28-69(58)84(71(59)44-55)74-42-52(35-38-81-74)78(3,4)5;/h10-35,38-42,45-46H,36-37H2,1-9H3;/q-2;/i1D3,2D3;. The van der Waals surface area contributed by atoms with Gasteiger partial charge >= 0.3 is 0 Å². The molecule has 16 rings (SSSR count). The van der Waals surface area contributed by atoms with E-state index in [0.717, 1.165) is 118 Å². The number of benzene rings is 10. The van der Waals surface area contributed by atoms with Crippen LogP contribution in [0.25, 0.3) is 128 Å². The summed E-state index contributed by atoms with van der Waals surface area (Å²) < 4.78 is 74.0. The second-order valence-corrected chi connectivity index (χ2v) is 25.8. The predicted octanol–water partition coefficient (Wildman–Crippen LogP) is 20.4. The molecule has 4 aromatic heterocycles. The topological polar surface area (TPSA) is 49.0 Å². The van der Waals surface area contributed by atoms with Gasteiger partial charge in [0.1, 0.15) is 17.0 Å². The fraction of sp³-hybridized carbons (Fsp3) is 0.175. The first-order valence-electron chi connectivity index (χ1n) is 32.6. The molecule has 0 bridgehead atoms. The minimum atomic E-state index is -2.68. The van der Waals surface area contributed by atoms with Gasteiger partial charge in [-0.3, -0.25) is 4.57 Å². The molecule has 2 aliphatic rings. The average molecular weight is 1310 g/mol. The monoisotopic (exact) mass is 1310 g/mol. The summed E-state index contributed by atoms with van der Waals surface area (Å²) in [5, 5.41) is 3.94. The zero-order valence-corrected chi connectivity index (χ0v) is 51.7. The maximum Gasteiger partial charge on any atom is 0.268 e. The molecule has 1 aliphatic carbocycles. The van der Waals surface area contributed by atoms with Crippen molar-refractivity contribution < 1.29 is 43.0 Å². The van der Waals surface area contributed by atoms with Gasteiger partial charge in [0.25, 0.3) is 6.33 Å². The Bertz CT molecular complexity index is 5390. The van der Waals surface area contributed by atoms with Gasteiger partial charge in [0.05, 0.1) is 16.7 Å². The molecule has 0 amide bonds. The van der Waals surface area contributed by atoms with Gasteiger partial charge in [-0.05, 0) is 192 Å². The zero-order valence-electron chi connectivity index (χ0n) is 55.4. The van der Waals surface area contributed by atoms with Crippen molar-refractivity contribution >= 4 is 54.8 Å². The van der Waals surface area contributed by atoms with Crippen LogP contribution < -0.4 is 9.30 Å². The van der Waals surface area contributed by atoms with Crippen LogP contribution in [0.1, 0.15) is 97.3 Å². The van der Waals surface area contributed by atoms with Crippen molar-refractivity contribution in [3.63, 3.8) is 0 Å². The molecule has 10 aromatic carbocycles. The maximum absolute atomic E-state index is 9.04. The van der Waals surface area contributed by atoms with Crippen molar-refractivity contribution in [2.45, 2.75) is 91.3 Å². The summed E-state index contributed by atoms with van der Waals surface area (Å²) in [6, 6.07) is 72.5. The van der Waals surface area contributed by atoms with Crippen LogP contribution in [0, 0.1) is 32.2 Å². The Morgan fingerprint density at radius 3 is 1.97 bits per heavy atom. The molecule has 0 saturated carbocycles. The summed E-state index contributed by atoms with van der Waals surface area (Å²) in [4.78, 5) is 4.91. The van der Waals surface area contributed by atoms with Crippen molar-refractivity contribution in [1.82, 2.24) is 14.1 Å². The number of hydrogen-bond acceptors (Lipinski definition) is 3. The average Bonchev–Trinajstić information content (AvgIpc) is 1.68. The Labute approximate surface area is 531 Å². The molecular formula is C80H64N4O2Pt-2. The predicted molar refractivity (Wildman–Crippen MR) is 351 cm³/mol. The summed E-state index contributed by atoms with van der Waals surface area (Å²) in [6.07, 6.45) is 7.80. The fourth-order valence-corrected chi connectivity index (χ4v) is 13.9. The van der Waals surface area contributed by atoms with Gasteiger partial charge in [0, 0.05) is 63.3 Å². The second kappa shape index (κ2) is 20.0. The molecule has 6 nitrogen and oxygen atoms in total. The normalized spacial score (nSPS) is 15.3. The number of nitrogens with zero attached hydrogens (tertiary/aromatic N) is 4. The van der Waals surface area contributed by atoms with Crippen LogP contribution in [0.2, 0.25) is 0 Å². The first kappa shape index (κ1) is 48.1. The molecule has 0 spiro atoms. The van der Waals surface area contributed by atoms with Gasteiger partial charge < -0.3 is 18.3 Å². The fourth-order valence-electron chi connectivity index (χ4n) is 13.9. The van der Waals surface area contributed by atoms with E-state index >= 15 is 0 Å². The van der Waals surface area contributed by atoms with Crippen LogP contribution in [0.3, 0.4) is 0 Å². The van der Waals surface area contributed by atoms with E-state index in [1.54, 1.807) is 18.2 Å². The number of aromatic nitrogens is 4. The van der Waals surface area contributed by atoms with E-state index in [-0.39, 0.29) is 54.0 Å². The van der Waals surface area contributed by atoms with E-state index in [0.29, 0.717) is 28.3 Å². The van der Waals surface area contributed by atoms with Crippen LogP contribution in [0.4, 0.5) is 0 Å². The molecule has 5 heterocycles. The molecule has 0 radical (unpaired) electrons. The summed E-state index contributed by atoms with van der Waals surface area (Å²) in [7, 11) is 0. The SMILES string of the molecule is [2H]C([2H])([2H])c1cccc(C([2H])([2H])[2H])c1-c1cc(-c2ccc3oc4ccccc4c3c2)c2c(c1)-c1cc3c(cc1-c1ccccc1-c1cccc4c1[n+]-2[c-]n4-c1[c-]c(Oc2[c-]c4c(cc2)c2ccccc2n4-c2cc(C(C)(C)C)ccn2)ccc1)C(C)(C)CCC3(C)C.[Pt]. The van der Waals surface area contributed by atoms with E-state index in [2.05, 4.69) is 179 Å². The second-order valence-electron chi connectivity index (χ2n) is 25.8. The van der Waals surface area contributed by atoms with Crippen LogP contribution in [-0.2, 0) is 37.3 Å². The molecule has 0 N–H and O–H groups in total. The summed E-state index contributed by atoms with van der Waals surface area (Å²) >= 11 is 0. The number of rotatable bonds is 6. The smallest absolute Gasteiger partial charge is 0.268 e. The number of furan rings is 1. The van der Waals surface area contributed by atoms with E-state index in [1.165, 1.54) is 16.7 Å². The van der Waals surface area contributed by atoms with Crippen molar-refractivity contribution in [3.05, 3.63) is 247 Å². The number of imidazole rings is 1. The van der Waals surface area contributed by atoms with E-state index in [9.17, 15) is 0 Å². The molecule has 1 aliphatic heterocycles. The minimum absolute atomic E-state index is 0. The Morgan fingerprint density at radius 1 is 0.552 bits per heavy atom. The Balaban J connectivity index is 0.00000716. The van der Waals surface area contributed by atoms with E-state index in [1.807, 2.05) is 83.6 Å². The molecule has 7 heteroatoms. The van der Waals surface area contributed by atoms with E-state index < -0.39 is 13.7 Å². The molecule has 0 atom stereocenters. The Kier molecular flexibility index (Phi) is 11.0. The number of ether oxygens (including phenoxy) is 1. The quantitative estimate of drug-likeness (QED) is 0.123. The summed E-state index contributed by atoms with van der Waals surface area (Å²) in [5.74, 6) is 1.76. The number of aryl methyl sites for hydroxylation is 2. The first-order valence-corrected chi connectivity index (χ1v) is 29.6. The van der Waals surface area contributed by atoms with Crippen LogP contribution in [-0.4, -0.2) is 14.1 Å². The Morgan fingerprint density at radius 2 is 1.20 bits per heavy atom. The molecule has 0 unspecified atom stereocenters. The van der Waals surface area contributed by atoms with Gasteiger partial charge in [-0.25, -0.2) is 4.98 Å². The van der Waals surface area contributed by atoms with Gasteiger partial charge in [-0.15, -0.1) is 29.7 Å². The molecule has 14 aromatic rings. The van der Waals surface area contributed by atoms with Crippen molar-refractivity contribution in [1.29, 1.82) is 0 Å². The van der Waals surface area contributed by atoms with Crippen LogP contribution >= 0.6 is 0 Å². The molecular weight excluding hydrogens is 1240 g/mol. The molecule has 428 valence electrons. The van der Waals surface area contributed by atoms with Crippen LogP contribution in [0.5, 0.6) is 11.5 Å². The van der Waals surface area contributed by atoms with Crippen LogP contribution in [0.15, 0.2) is 205 Å². The molecule has 0 saturated heterocycles. The third kappa shape index (κ3) is 8.69. The third-order valence-electron chi connectivity index (χ3n) is 18.5. The van der Waals surface area contributed by atoms with Gasteiger partial charge in [-0.2, -0.15) is 18.2 Å². The number of hydrogen-bond donors (Lipinski definition) is 0. The molecule has 87 heavy (non-hydrogen) atoms. The van der Waals surface area contributed by atoms with Crippen molar-refractivity contribution in [2.75, 3.05) is 0 Å². The van der Waals surface area contributed by atoms with Gasteiger partial charge in [0.2, 0.25) is 0 Å². The number of fused-ring (bicyclic) bond motifs is 14. The number of pyridine rings is 1. The van der Waals surface area contributed by atoms with E-state index in [4.69, 9.17) is 22.4 Å². The summed E-state index contributed by atoms with van der Waals surface area (Å²) in [5.41, 5.74) is 17.3.